The van der Waals surface area contributed by atoms with Gasteiger partial charge in [0.1, 0.15) is 5.60 Å². The Balaban J connectivity index is 2.06. The van der Waals surface area contributed by atoms with Gasteiger partial charge in [-0.25, -0.2) is 4.79 Å². The maximum atomic E-state index is 12.2. The van der Waals surface area contributed by atoms with Crippen LogP contribution in [-0.2, 0) is 9.53 Å². The number of carbonyl (C=O) groups excluding carboxylic acids is 1. The van der Waals surface area contributed by atoms with E-state index in [0.717, 1.165) is 25.9 Å². The molecule has 1 heterocycles. The maximum Gasteiger partial charge on any atom is 0.331 e. The highest BCUT2D eigenvalue weighted by molar-refractivity contribution is 5.87. The lowest BCUT2D eigenvalue weighted by Gasteiger charge is -2.36. The first-order valence-electron chi connectivity index (χ1n) is 8.44. The summed E-state index contributed by atoms with van der Waals surface area (Å²) in [5.74, 6) is 0.441. The average molecular weight is 349 g/mol. The van der Waals surface area contributed by atoms with Crippen LogP contribution in [0.25, 0.3) is 6.08 Å². The van der Waals surface area contributed by atoms with Crippen LogP contribution < -0.4 is 14.8 Å². The fourth-order valence-electron chi connectivity index (χ4n) is 3.07. The summed E-state index contributed by atoms with van der Waals surface area (Å²) in [6, 6.07) is 3.25. The number of rotatable bonds is 6. The van der Waals surface area contributed by atoms with E-state index in [1.54, 1.807) is 18.2 Å². The summed E-state index contributed by atoms with van der Waals surface area (Å²) >= 11 is 0. The molecule has 1 saturated heterocycles. The number of esters is 1. The monoisotopic (exact) mass is 349 g/mol. The quantitative estimate of drug-likeness (QED) is 0.607. The van der Waals surface area contributed by atoms with Crippen LogP contribution in [-0.4, -0.2) is 44.0 Å². The van der Waals surface area contributed by atoms with E-state index in [1.165, 1.54) is 20.3 Å². The Kier molecular flexibility index (Phi) is 6.31. The van der Waals surface area contributed by atoms with Crippen LogP contribution in [0.15, 0.2) is 18.2 Å². The number of phenols is 1. The number of aromatic hydroxyl groups is 1. The van der Waals surface area contributed by atoms with Gasteiger partial charge in [-0.15, -0.1) is 0 Å². The molecule has 6 nitrogen and oxygen atoms in total. The van der Waals surface area contributed by atoms with Crippen LogP contribution in [0.1, 0.15) is 32.3 Å². The van der Waals surface area contributed by atoms with E-state index in [2.05, 4.69) is 5.32 Å². The molecule has 0 amide bonds. The Bertz CT molecular complexity index is 608. The molecular formula is C19H27NO5. The lowest BCUT2D eigenvalue weighted by Crippen LogP contribution is -2.42. The highest BCUT2D eigenvalue weighted by Crippen LogP contribution is 2.37. The minimum absolute atomic E-state index is 0.0724. The summed E-state index contributed by atoms with van der Waals surface area (Å²) in [7, 11) is 2.91. The van der Waals surface area contributed by atoms with Crippen molar-refractivity contribution in [1.29, 1.82) is 0 Å². The number of methoxy groups -OCH3 is 2. The standard InChI is InChI=1S/C19H27NO5/c1-19(2,14-7-9-20-10-8-14)25-17(21)6-5-13-11-15(23-3)18(22)16(12-13)24-4/h5-6,11-12,14,20,22H,7-10H2,1-4H3/b6-5+. The zero-order chi connectivity index (χ0) is 18.4. The second-order valence-electron chi connectivity index (χ2n) is 6.66. The third-order valence-corrected chi connectivity index (χ3v) is 4.60. The predicted octanol–water partition coefficient (Wildman–Crippen LogP) is 2.74. The van der Waals surface area contributed by atoms with E-state index in [9.17, 15) is 9.90 Å². The van der Waals surface area contributed by atoms with Crippen molar-refractivity contribution >= 4 is 12.0 Å². The van der Waals surface area contributed by atoms with Gasteiger partial charge in [0.25, 0.3) is 0 Å². The molecule has 1 aromatic rings. The molecule has 0 bridgehead atoms. The first-order valence-corrected chi connectivity index (χ1v) is 8.44. The molecule has 138 valence electrons. The van der Waals surface area contributed by atoms with Crippen molar-refractivity contribution in [3.63, 3.8) is 0 Å². The molecule has 1 aliphatic heterocycles. The largest absolute Gasteiger partial charge is 0.502 e. The van der Waals surface area contributed by atoms with Gasteiger partial charge in [0.05, 0.1) is 14.2 Å². The van der Waals surface area contributed by atoms with Crippen molar-refractivity contribution in [3.05, 3.63) is 23.8 Å². The fourth-order valence-corrected chi connectivity index (χ4v) is 3.07. The summed E-state index contributed by atoms with van der Waals surface area (Å²) < 4.78 is 15.9. The molecule has 2 rings (SSSR count). The molecule has 0 atom stereocenters. The lowest BCUT2D eigenvalue weighted by atomic mass is 9.83. The average Bonchev–Trinajstić information content (AvgIpc) is 2.61. The summed E-state index contributed by atoms with van der Waals surface area (Å²) in [6.45, 7) is 5.83. The SMILES string of the molecule is COc1cc(/C=C/C(=O)OC(C)(C)C2CCNCC2)cc(OC)c1O. The molecule has 2 N–H and O–H groups in total. The fraction of sp³-hybridized carbons (Fsp3) is 0.526. The number of phenolic OH excluding ortho intramolecular Hbond substituents is 1. The first kappa shape index (κ1) is 19.1. The molecule has 1 aliphatic rings. The second kappa shape index (κ2) is 8.25. The molecule has 25 heavy (non-hydrogen) atoms. The number of nitrogens with one attached hydrogen (secondary N) is 1. The van der Waals surface area contributed by atoms with Gasteiger partial charge in [-0.05, 0) is 63.6 Å². The van der Waals surface area contributed by atoms with Gasteiger partial charge in [-0.1, -0.05) is 0 Å². The number of carbonyl (C=O) groups is 1. The Morgan fingerprint density at radius 2 is 1.76 bits per heavy atom. The van der Waals surface area contributed by atoms with Crippen molar-refractivity contribution in [2.24, 2.45) is 5.92 Å². The third-order valence-electron chi connectivity index (χ3n) is 4.60. The number of benzene rings is 1. The molecule has 0 saturated carbocycles. The second-order valence-corrected chi connectivity index (χ2v) is 6.66. The summed E-state index contributed by atoms with van der Waals surface area (Å²) in [4.78, 5) is 12.2. The van der Waals surface area contributed by atoms with Crippen molar-refractivity contribution in [2.75, 3.05) is 27.3 Å². The van der Waals surface area contributed by atoms with Crippen LogP contribution in [0, 0.1) is 5.92 Å². The van der Waals surface area contributed by atoms with E-state index in [1.807, 2.05) is 13.8 Å². The van der Waals surface area contributed by atoms with Crippen molar-refractivity contribution in [3.8, 4) is 17.2 Å². The van der Waals surface area contributed by atoms with Gasteiger partial charge in [0.2, 0.25) is 5.75 Å². The van der Waals surface area contributed by atoms with Crippen LogP contribution >= 0.6 is 0 Å². The Morgan fingerprint density at radius 1 is 1.20 bits per heavy atom. The molecule has 0 unspecified atom stereocenters. The molecule has 0 radical (unpaired) electrons. The minimum atomic E-state index is -0.506. The number of ether oxygens (including phenoxy) is 3. The molecular weight excluding hydrogens is 322 g/mol. The van der Waals surface area contributed by atoms with Gasteiger partial charge in [0.15, 0.2) is 11.5 Å². The summed E-state index contributed by atoms with van der Waals surface area (Å²) in [5.41, 5.74) is 0.163. The predicted molar refractivity (Wildman–Crippen MR) is 96.0 cm³/mol. The first-order chi connectivity index (χ1) is 11.9. The van der Waals surface area contributed by atoms with Crippen molar-refractivity contribution in [2.45, 2.75) is 32.3 Å². The van der Waals surface area contributed by atoms with Crippen LogP contribution in [0.3, 0.4) is 0 Å². The van der Waals surface area contributed by atoms with E-state index in [-0.39, 0.29) is 17.2 Å². The number of hydrogen-bond donors (Lipinski definition) is 2. The van der Waals surface area contributed by atoms with E-state index < -0.39 is 11.6 Å². The molecule has 0 aliphatic carbocycles. The van der Waals surface area contributed by atoms with Gasteiger partial charge in [0, 0.05) is 12.0 Å². The third kappa shape index (κ3) is 4.89. The minimum Gasteiger partial charge on any atom is -0.502 e. The lowest BCUT2D eigenvalue weighted by molar-refractivity contribution is -0.156. The molecule has 0 aromatic heterocycles. The zero-order valence-corrected chi connectivity index (χ0v) is 15.3. The molecule has 1 aromatic carbocycles. The molecule has 6 heteroatoms. The Labute approximate surface area is 148 Å². The molecule has 1 fully saturated rings. The van der Waals surface area contributed by atoms with Gasteiger partial charge >= 0.3 is 5.97 Å². The van der Waals surface area contributed by atoms with Crippen molar-refractivity contribution < 1.29 is 24.1 Å². The highest BCUT2D eigenvalue weighted by atomic mass is 16.6. The van der Waals surface area contributed by atoms with E-state index >= 15 is 0 Å². The number of piperidine rings is 1. The van der Waals surface area contributed by atoms with Gasteiger partial charge in [-0.3, -0.25) is 0 Å². The Morgan fingerprint density at radius 3 is 2.28 bits per heavy atom. The van der Waals surface area contributed by atoms with Gasteiger partial charge < -0.3 is 24.6 Å². The summed E-state index contributed by atoms with van der Waals surface area (Å²) in [6.07, 6.45) is 4.99. The summed E-state index contributed by atoms with van der Waals surface area (Å²) in [5, 5.41) is 13.2. The Hall–Kier alpha value is -2.21. The van der Waals surface area contributed by atoms with Crippen LogP contribution in [0.4, 0.5) is 0 Å². The number of hydrogen-bond acceptors (Lipinski definition) is 6. The van der Waals surface area contributed by atoms with Crippen molar-refractivity contribution in [1.82, 2.24) is 5.32 Å². The van der Waals surface area contributed by atoms with Crippen LogP contribution in [0.2, 0.25) is 0 Å². The normalized spacial score (nSPS) is 16.0. The van der Waals surface area contributed by atoms with Gasteiger partial charge in [-0.2, -0.15) is 0 Å². The van der Waals surface area contributed by atoms with E-state index in [0.29, 0.717) is 11.5 Å². The smallest absolute Gasteiger partial charge is 0.331 e. The highest BCUT2D eigenvalue weighted by Gasteiger charge is 2.33. The maximum absolute atomic E-state index is 12.2. The van der Waals surface area contributed by atoms with Crippen LogP contribution in [0.5, 0.6) is 17.2 Å². The molecule has 0 spiro atoms. The zero-order valence-electron chi connectivity index (χ0n) is 15.3. The topological polar surface area (TPSA) is 77.0 Å². The van der Waals surface area contributed by atoms with E-state index in [4.69, 9.17) is 14.2 Å².